The van der Waals surface area contributed by atoms with Crippen molar-refractivity contribution in [2.24, 2.45) is 0 Å². The molecule has 2 heterocycles. The van der Waals surface area contributed by atoms with E-state index in [4.69, 9.17) is 0 Å². The molecule has 0 amide bonds. The average Bonchev–Trinajstić information content (AvgIpc) is 2.82. The Balaban J connectivity index is 1.94. The predicted molar refractivity (Wildman–Crippen MR) is 88.4 cm³/mol. The van der Waals surface area contributed by atoms with Gasteiger partial charge in [-0.15, -0.1) is 0 Å². The van der Waals surface area contributed by atoms with E-state index >= 15 is 0 Å². The third-order valence-corrected chi connectivity index (χ3v) is 3.70. The van der Waals surface area contributed by atoms with Gasteiger partial charge in [-0.05, 0) is 55.3 Å². The molecule has 3 heteroatoms. The Morgan fingerprint density at radius 1 is 1.05 bits per heavy atom. The van der Waals surface area contributed by atoms with Gasteiger partial charge in [-0.2, -0.15) is 0 Å². The highest BCUT2D eigenvalue weighted by atomic mass is 19.1. The van der Waals surface area contributed by atoms with Crippen LogP contribution >= 0.6 is 0 Å². The number of rotatable bonds is 3. The van der Waals surface area contributed by atoms with Crippen LogP contribution in [0.1, 0.15) is 22.5 Å². The van der Waals surface area contributed by atoms with E-state index in [1.165, 1.54) is 12.1 Å². The summed E-state index contributed by atoms with van der Waals surface area (Å²) in [6, 6.07) is 12.6. The van der Waals surface area contributed by atoms with Gasteiger partial charge in [-0.1, -0.05) is 24.3 Å². The minimum Gasteiger partial charge on any atom is -0.316 e. The van der Waals surface area contributed by atoms with Crippen molar-refractivity contribution in [2.75, 3.05) is 0 Å². The van der Waals surface area contributed by atoms with E-state index in [9.17, 15) is 4.39 Å². The Kier molecular flexibility index (Phi) is 3.88. The van der Waals surface area contributed by atoms with Crippen LogP contribution in [0.2, 0.25) is 0 Å². The lowest BCUT2D eigenvalue weighted by molar-refractivity contribution is 0.628. The third-order valence-electron chi connectivity index (χ3n) is 3.70. The number of hydrogen-bond acceptors (Lipinski definition) is 1. The van der Waals surface area contributed by atoms with Crippen molar-refractivity contribution in [1.29, 1.82) is 0 Å². The van der Waals surface area contributed by atoms with Crippen LogP contribution in [0.15, 0.2) is 54.9 Å². The van der Waals surface area contributed by atoms with Crippen molar-refractivity contribution in [3.8, 4) is 5.69 Å². The van der Waals surface area contributed by atoms with Gasteiger partial charge < -0.3 is 4.57 Å². The highest BCUT2D eigenvalue weighted by molar-refractivity contribution is 5.71. The molecule has 0 fully saturated rings. The molecule has 0 radical (unpaired) electrons. The van der Waals surface area contributed by atoms with Crippen LogP contribution in [0, 0.1) is 19.7 Å². The minimum absolute atomic E-state index is 0.216. The maximum absolute atomic E-state index is 12.9. The van der Waals surface area contributed by atoms with E-state index in [0.717, 1.165) is 28.2 Å². The van der Waals surface area contributed by atoms with Crippen molar-refractivity contribution in [1.82, 2.24) is 9.55 Å². The molecule has 2 aromatic heterocycles. The second-order valence-electron chi connectivity index (χ2n) is 5.26. The first kappa shape index (κ1) is 14.3. The maximum atomic E-state index is 12.9. The first-order valence-electron chi connectivity index (χ1n) is 7.18. The molecule has 0 aliphatic carbocycles. The standard InChI is InChI=1S/C19H17FN2/c1-14-12-17(8-5-16-6-9-18(20)10-7-16)15(2)22(14)19-4-3-11-21-13-19/h3-13H,1-2H3/b8-5+. The van der Waals surface area contributed by atoms with Crippen molar-refractivity contribution < 1.29 is 4.39 Å². The van der Waals surface area contributed by atoms with E-state index in [0.29, 0.717) is 0 Å². The van der Waals surface area contributed by atoms with Crippen LogP contribution in [0.25, 0.3) is 17.8 Å². The number of hydrogen-bond donors (Lipinski definition) is 0. The summed E-state index contributed by atoms with van der Waals surface area (Å²) in [6.07, 6.45) is 7.68. The zero-order chi connectivity index (χ0) is 15.5. The molecule has 3 rings (SSSR count). The number of aromatic nitrogens is 2. The topological polar surface area (TPSA) is 17.8 Å². The summed E-state index contributed by atoms with van der Waals surface area (Å²) in [5.41, 5.74) is 5.49. The lowest BCUT2D eigenvalue weighted by Gasteiger charge is -2.08. The van der Waals surface area contributed by atoms with Gasteiger partial charge in [0.2, 0.25) is 0 Å². The average molecular weight is 292 g/mol. The van der Waals surface area contributed by atoms with Gasteiger partial charge in [0.25, 0.3) is 0 Å². The first-order valence-corrected chi connectivity index (χ1v) is 7.18. The minimum atomic E-state index is -0.216. The lowest BCUT2D eigenvalue weighted by atomic mass is 10.1. The van der Waals surface area contributed by atoms with Crippen LogP contribution in [0.4, 0.5) is 4.39 Å². The number of pyridine rings is 1. The second kappa shape index (κ2) is 5.98. The van der Waals surface area contributed by atoms with E-state index in [1.54, 1.807) is 18.3 Å². The molecular formula is C19H17FN2. The first-order chi connectivity index (χ1) is 10.6. The summed E-state index contributed by atoms with van der Waals surface area (Å²) < 4.78 is 15.1. The molecule has 110 valence electrons. The molecule has 0 spiro atoms. The second-order valence-corrected chi connectivity index (χ2v) is 5.26. The molecule has 0 aliphatic heterocycles. The van der Waals surface area contributed by atoms with E-state index in [1.807, 2.05) is 24.4 Å². The molecule has 0 saturated heterocycles. The van der Waals surface area contributed by atoms with Gasteiger partial charge in [-0.3, -0.25) is 4.98 Å². The van der Waals surface area contributed by atoms with Gasteiger partial charge in [0.1, 0.15) is 5.82 Å². The fraction of sp³-hybridized carbons (Fsp3) is 0.105. The Morgan fingerprint density at radius 2 is 1.82 bits per heavy atom. The highest BCUT2D eigenvalue weighted by Gasteiger charge is 2.08. The van der Waals surface area contributed by atoms with E-state index in [-0.39, 0.29) is 5.82 Å². The number of benzene rings is 1. The summed E-state index contributed by atoms with van der Waals surface area (Å²) in [7, 11) is 0. The summed E-state index contributed by atoms with van der Waals surface area (Å²) in [4.78, 5) is 4.18. The number of halogens is 1. The normalized spacial score (nSPS) is 11.2. The molecule has 0 bridgehead atoms. The van der Waals surface area contributed by atoms with E-state index in [2.05, 4.69) is 35.5 Å². The fourth-order valence-electron chi connectivity index (χ4n) is 2.60. The summed E-state index contributed by atoms with van der Waals surface area (Å²) in [5, 5.41) is 0. The summed E-state index contributed by atoms with van der Waals surface area (Å²) >= 11 is 0. The van der Waals surface area contributed by atoms with Gasteiger partial charge in [0.15, 0.2) is 0 Å². The van der Waals surface area contributed by atoms with Gasteiger partial charge >= 0.3 is 0 Å². The molecule has 1 aromatic carbocycles. The Hall–Kier alpha value is -2.68. The molecule has 2 nitrogen and oxygen atoms in total. The quantitative estimate of drug-likeness (QED) is 0.678. The Morgan fingerprint density at radius 3 is 2.50 bits per heavy atom. The largest absolute Gasteiger partial charge is 0.316 e. The summed E-state index contributed by atoms with van der Waals surface area (Å²) in [5.74, 6) is -0.216. The van der Waals surface area contributed by atoms with Crippen LogP contribution in [-0.4, -0.2) is 9.55 Å². The Labute approximate surface area is 129 Å². The SMILES string of the molecule is Cc1cc(/C=C/c2ccc(F)cc2)c(C)n1-c1cccnc1. The van der Waals surface area contributed by atoms with E-state index < -0.39 is 0 Å². The monoisotopic (exact) mass is 292 g/mol. The van der Waals surface area contributed by atoms with Crippen molar-refractivity contribution in [2.45, 2.75) is 13.8 Å². The van der Waals surface area contributed by atoms with Crippen molar-refractivity contribution >= 4 is 12.2 Å². The highest BCUT2D eigenvalue weighted by Crippen LogP contribution is 2.22. The summed E-state index contributed by atoms with van der Waals surface area (Å²) in [6.45, 7) is 4.17. The molecular weight excluding hydrogens is 275 g/mol. The Bertz CT molecular complexity index is 799. The molecule has 0 saturated carbocycles. The van der Waals surface area contributed by atoms with Crippen LogP contribution in [0.3, 0.4) is 0 Å². The maximum Gasteiger partial charge on any atom is 0.123 e. The smallest absolute Gasteiger partial charge is 0.123 e. The third kappa shape index (κ3) is 2.84. The predicted octanol–water partition coefficient (Wildman–Crippen LogP) is 4.80. The van der Waals surface area contributed by atoms with Crippen molar-refractivity contribution in [3.63, 3.8) is 0 Å². The van der Waals surface area contributed by atoms with Crippen molar-refractivity contribution in [3.05, 3.63) is 83.2 Å². The molecule has 0 aliphatic rings. The molecule has 0 N–H and O–H groups in total. The zero-order valence-electron chi connectivity index (χ0n) is 12.6. The molecule has 3 aromatic rings. The molecule has 0 atom stereocenters. The molecule has 22 heavy (non-hydrogen) atoms. The van der Waals surface area contributed by atoms with Crippen LogP contribution in [0.5, 0.6) is 0 Å². The lowest BCUT2D eigenvalue weighted by Crippen LogP contribution is -1.99. The fourth-order valence-corrected chi connectivity index (χ4v) is 2.60. The number of aryl methyl sites for hydroxylation is 1. The van der Waals surface area contributed by atoms with Crippen LogP contribution in [-0.2, 0) is 0 Å². The molecule has 0 unspecified atom stereocenters. The zero-order valence-corrected chi connectivity index (χ0v) is 12.6. The number of nitrogens with zero attached hydrogens (tertiary/aromatic N) is 2. The van der Waals surface area contributed by atoms with Crippen LogP contribution < -0.4 is 0 Å². The van der Waals surface area contributed by atoms with Gasteiger partial charge in [0.05, 0.1) is 11.9 Å². The van der Waals surface area contributed by atoms with Gasteiger partial charge in [0, 0.05) is 17.6 Å². The van der Waals surface area contributed by atoms with Gasteiger partial charge in [-0.25, -0.2) is 4.39 Å².